The smallest absolute Gasteiger partial charge is 0.272 e. The molecule has 2 aromatic carbocycles. The zero-order valence-electron chi connectivity index (χ0n) is 15.5. The number of hydrogen-bond acceptors (Lipinski definition) is 4. The van der Waals surface area contributed by atoms with Gasteiger partial charge in [-0.2, -0.15) is 5.10 Å². The van der Waals surface area contributed by atoms with Crippen LogP contribution in [0.15, 0.2) is 47.6 Å². The van der Waals surface area contributed by atoms with Crippen LogP contribution >= 0.6 is 0 Å². The van der Waals surface area contributed by atoms with Crippen molar-refractivity contribution in [1.29, 1.82) is 0 Å². The summed E-state index contributed by atoms with van der Waals surface area (Å²) in [5, 5.41) is 7.57. The monoisotopic (exact) mass is 375 g/mol. The average Bonchev–Trinajstić information content (AvgIpc) is 2.90. The number of nitrogens with one attached hydrogen (secondary N) is 3. The summed E-state index contributed by atoms with van der Waals surface area (Å²) >= 11 is 0. The molecule has 7 heteroatoms. The van der Waals surface area contributed by atoms with Crippen molar-refractivity contribution in [3.8, 4) is 0 Å². The van der Waals surface area contributed by atoms with Crippen LogP contribution in [0.1, 0.15) is 33.6 Å². The molecular formula is C21H21N5O2. The number of benzene rings is 2. The quantitative estimate of drug-likeness (QED) is 0.549. The number of aromatic nitrogens is 1. The van der Waals surface area contributed by atoms with E-state index >= 15 is 0 Å². The molecular weight excluding hydrogens is 354 g/mol. The number of carbonyl (C=O) groups is 2. The molecule has 0 bridgehead atoms. The van der Waals surface area contributed by atoms with E-state index in [0.29, 0.717) is 17.7 Å². The molecule has 2 amide bonds. The summed E-state index contributed by atoms with van der Waals surface area (Å²) in [4.78, 5) is 28.1. The Morgan fingerprint density at radius 3 is 2.82 bits per heavy atom. The van der Waals surface area contributed by atoms with E-state index in [1.807, 2.05) is 43.3 Å². The Morgan fingerprint density at radius 1 is 1.25 bits per heavy atom. The molecule has 28 heavy (non-hydrogen) atoms. The second-order valence-electron chi connectivity index (χ2n) is 6.93. The van der Waals surface area contributed by atoms with Gasteiger partial charge in [0.05, 0.1) is 17.8 Å². The van der Waals surface area contributed by atoms with Crippen LogP contribution in [-0.4, -0.2) is 29.1 Å². The molecule has 0 spiro atoms. The van der Waals surface area contributed by atoms with Crippen LogP contribution < -0.4 is 16.5 Å². The Bertz CT molecular complexity index is 1090. The number of anilines is 1. The standard InChI is InChI=1S/C21H21N5O2/c1-12-16-11-23-26-20(27)15-9-14(10-18(24-12)19(15)16)25-21(28)17(22)8-7-13-5-3-2-4-6-13/h2-6,9-11,17,24H,7-8,22H2,1H3,(H,25,28)(H,26,27)/t17-/m1/s1. The second kappa shape index (κ2) is 7.28. The number of rotatable bonds is 5. The number of H-pyrrole nitrogens is 1. The zero-order valence-corrected chi connectivity index (χ0v) is 15.5. The van der Waals surface area contributed by atoms with E-state index in [-0.39, 0.29) is 11.8 Å². The van der Waals surface area contributed by atoms with Gasteiger partial charge in [0.1, 0.15) is 0 Å². The first-order valence-corrected chi connectivity index (χ1v) is 9.13. The van der Waals surface area contributed by atoms with E-state index in [1.54, 1.807) is 12.3 Å². The van der Waals surface area contributed by atoms with Crippen molar-refractivity contribution < 1.29 is 9.59 Å². The Balaban J connectivity index is 1.54. The maximum absolute atomic E-state index is 12.5. The Labute approximate surface area is 162 Å². The molecule has 2 heterocycles. The minimum atomic E-state index is -0.645. The lowest BCUT2D eigenvalue weighted by Crippen LogP contribution is -2.36. The number of nitrogens with zero attached hydrogens (tertiary/aromatic N) is 1. The highest BCUT2D eigenvalue weighted by molar-refractivity contribution is 6.16. The SMILES string of the molecule is Cc1[nH]c2cc(NC(=O)[C@H](N)CCc3ccccc3)cc3c2c1C=NNC3=O. The van der Waals surface area contributed by atoms with Crippen molar-refractivity contribution in [2.45, 2.75) is 25.8 Å². The Kier molecular flexibility index (Phi) is 4.67. The van der Waals surface area contributed by atoms with Gasteiger partial charge in [0.2, 0.25) is 5.91 Å². The fraction of sp³-hybridized carbons (Fsp3) is 0.190. The normalized spacial score (nSPS) is 13.9. The predicted molar refractivity (Wildman–Crippen MR) is 109 cm³/mol. The van der Waals surface area contributed by atoms with Crippen LogP contribution in [0.5, 0.6) is 0 Å². The van der Waals surface area contributed by atoms with Crippen LogP contribution in [-0.2, 0) is 11.2 Å². The van der Waals surface area contributed by atoms with Crippen molar-refractivity contribution in [2.24, 2.45) is 10.8 Å². The first kappa shape index (κ1) is 17.9. The number of hydrazone groups is 1. The fourth-order valence-corrected chi connectivity index (χ4v) is 3.45. The largest absolute Gasteiger partial charge is 0.358 e. The summed E-state index contributed by atoms with van der Waals surface area (Å²) < 4.78 is 0. The van der Waals surface area contributed by atoms with Gasteiger partial charge in [0.15, 0.2) is 0 Å². The molecule has 5 N–H and O–H groups in total. The first-order valence-electron chi connectivity index (χ1n) is 9.13. The van der Waals surface area contributed by atoms with Crippen LogP contribution in [0.25, 0.3) is 10.9 Å². The zero-order chi connectivity index (χ0) is 19.7. The number of amides is 2. The number of carbonyl (C=O) groups excluding carboxylic acids is 2. The van der Waals surface area contributed by atoms with Gasteiger partial charge in [-0.1, -0.05) is 30.3 Å². The van der Waals surface area contributed by atoms with Crippen molar-refractivity contribution in [3.63, 3.8) is 0 Å². The molecule has 4 rings (SSSR count). The third-order valence-corrected chi connectivity index (χ3v) is 4.93. The number of aryl methyl sites for hydroxylation is 2. The molecule has 0 saturated carbocycles. The van der Waals surface area contributed by atoms with Crippen LogP contribution in [0.2, 0.25) is 0 Å². The van der Waals surface area contributed by atoms with Crippen molar-refractivity contribution in [2.75, 3.05) is 5.32 Å². The molecule has 0 fully saturated rings. The van der Waals surface area contributed by atoms with Crippen LogP contribution in [0.3, 0.4) is 0 Å². The number of hydrogen-bond donors (Lipinski definition) is 4. The summed E-state index contributed by atoms with van der Waals surface area (Å²) in [6.07, 6.45) is 2.88. The van der Waals surface area contributed by atoms with Crippen molar-refractivity contribution in [3.05, 3.63) is 64.8 Å². The summed E-state index contributed by atoms with van der Waals surface area (Å²) in [6, 6.07) is 12.7. The van der Waals surface area contributed by atoms with Gasteiger partial charge >= 0.3 is 0 Å². The van der Waals surface area contributed by atoms with Crippen LogP contribution in [0.4, 0.5) is 5.69 Å². The molecule has 1 atom stereocenters. The summed E-state index contributed by atoms with van der Waals surface area (Å²) in [7, 11) is 0. The molecule has 0 unspecified atom stereocenters. The number of nitrogens with two attached hydrogens (primary N) is 1. The molecule has 1 aliphatic heterocycles. The van der Waals surface area contributed by atoms with Gasteiger partial charge < -0.3 is 16.0 Å². The van der Waals surface area contributed by atoms with E-state index in [1.165, 1.54) is 0 Å². The Morgan fingerprint density at radius 2 is 2.04 bits per heavy atom. The first-order chi connectivity index (χ1) is 13.5. The molecule has 0 saturated heterocycles. The van der Waals surface area contributed by atoms with Gasteiger partial charge in [0, 0.05) is 27.8 Å². The van der Waals surface area contributed by atoms with Gasteiger partial charge in [-0.25, -0.2) is 5.43 Å². The van der Waals surface area contributed by atoms with Crippen molar-refractivity contribution >= 4 is 34.6 Å². The van der Waals surface area contributed by atoms with E-state index in [4.69, 9.17) is 5.73 Å². The highest BCUT2D eigenvalue weighted by Crippen LogP contribution is 2.29. The summed E-state index contributed by atoms with van der Waals surface area (Å²) in [6.45, 7) is 1.92. The highest BCUT2D eigenvalue weighted by atomic mass is 16.2. The molecule has 0 radical (unpaired) electrons. The average molecular weight is 375 g/mol. The topological polar surface area (TPSA) is 112 Å². The van der Waals surface area contributed by atoms with Crippen molar-refractivity contribution in [1.82, 2.24) is 10.4 Å². The summed E-state index contributed by atoms with van der Waals surface area (Å²) in [5.74, 6) is -0.597. The minimum Gasteiger partial charge on any atom is -0.358 e. The highest BCUT2D eigenvalue weighted by Gasteiger charge is 2.21. The lowest BCUT2D eigenvalue weighted by Gasteiger charge is -2.13. The van der Waals surface area contributed by atoms with E-state index in [0.717, 1.165) is 34.1 Å². The fourth-order valence-electron chi connectivity index (χ4n) is 3.45. The van der Waals surface area contributed by atoms with Crippen LogP contribution in [0, 0.1) is 6.92 Å². The van der Waals surface area contributed by atoms with Gasteiger partial charge in [0.25, 0.3) is 5.91 Å². The molecule has 7 nitrogen and oxygen atoms in total. The third-order valence-electron chi connectivity index (χ3n) is 4.93. The molecule has 142 valence electrons. The molecule has 0 aliphatic carbocycles. The maximum atomic E-state index is 12.5. The van der Waals surface area contributed by atoms with E-state index in [2.05, 4.69) is 20.8 Å². The lowest BCUT2D eigenvalue weighted by atomic mass is 10.0. The summed E-state index contributed by atoms with van der Waals surface area (Å²) in [5.41, 5.74) is 13.2. The molecule has 1 aliphatic rings. The maximum Gasteiger partial charge on any atom is 0.272 e. The van der Waals surface area contributed by atoms with E-state index in [9.17, 15) is 9.59 Å². The predicted octanol–water partition coefficient (Wildman–Crippen LogP) is 2.45. The lowest BCUT2D eigenvalue weighted by molar-refractivity contribution is -0.117. The molecule has 3 aromatic rings. The second-order valence-corrected chi connectivity index (χ2v) is 6.93. The minimum absolute atomic E-state index is 0.281. The van der Waals surface area contributed by atoms with Gasteiger partial charge in [-0.15, -0.1) is 0 Å². The van der Waals surface area contributed by atoms with Gasteiger partial charge in [-0.3, -0.25) is 9.59 Å². The third kappa shape index (κ3) is 3.39. The molecule has 1 aromatic heterocycles. The Hall–Kier alpha value is -3.45. The van der Waals surface area contributed by atoms with Gasteiger partial charge in [-0.05, 0) is 37.5 Å². The van der Waals surface area contributed by atoms with E-state index < -0.39 is 6.04 Å². The number of aromatic amines is 1.